The number of nitrogens with two attached hydrogens (primary N) is 1. The van der Waals surface area contributed by atoms with Crippen LogP contribution in [-0.2, 0) is 6.42 Å². The number of hydrogen-bond donors (Lipinski definition) is 1. The molecule has 2 aromatic heterocycles. The quantitative estimate of drug-likeness (QED) is 0.722. The fraction of sp³-hybridized carbons (Fsp3) is 0.300. The molecule has 1 fully saturated rings. The Bertz CT molecular complexity index is 999. The first-order valence-corrected chi connectivity index (χ1v) is 9.48. The van der Waals surface area contributed by atoms with E-state index < -0.39 is 0 Å². The third-order valence-corrected chi connectivity index (χ3v) is 4.96. The van der Waals surface area contributed by atoms with Crippen molar-refractivity contribution in [3.8, 4) is 0 Å². The lowest BCUT2D eigenvalue weighted by atomic mass is 10.1. The number of likely N-dealkylation sites (tertiary alicyclic amines) is 1. The van der Waals surface area contributed by atoms with Crippen molar-refractivity contribution in [1.82, 2.24) is 19.9 Å². The van der Waals surface area contributed by atoms with Crippen molar-refractivity contribution in [2.75, 3.05) is 12.3 Å². The number of carbonyl (C=O) groups is 1. The third-order valence-electron chi connectivity index (χ3n) is 4.73. The Morgan fingerprint density at radius 1 is 1.36 bits per heavy atom. The minimum atomic E-state index is -0.211. The van der Waals surface area contributed by atoms with Crippen LogP contribution in [0.1, 0.15) is 52.3 Å². The molecule has 144 valence electrons. The molecule has 28 heavy (non-hydrogen) atoms. The maximum atomic E-state index is 13.0. The highest BCUT2D eigenvalue weighted by Gasteiger charge is 2.34. The maximum Gasteiger partial charge on any atom is 0.273 e. The van der Waals surface area contributed by atoms with Gasteiger partial charge in [0.2, 0.25) is 11.8 Å². The zero-order valence-corrected chi connectivity index (χ0v) is 16.2. The van der Waals surface area contributed by atoms with Gasteiger partial charge in [0.15, 0.2) is 0 Å². The van der Waals surface area contributed by atoms with Crippen LogP contribution in [-0.4, -0.2) is 32.3 Å². The molecule has 3 aromatic rings. The summed E-state index contributed by atoms with van der Waals surface area (Å²) < 4.78 is 5.97. The van der Waals surface area contributed by atoms with Crippen LogP contribution in [0.2, 0.25) is 5.02 Å². The summed E-state index contributed by atoms with van der Waals surface area (Å²) in [6.45, 7) is 2.41. The van der Waals surface area contributed by atoms with Gasteiger partial charge in [-0.2, -0.15) is 0 Å². The first-order chi connectivity index (χ1) is 13.5. The first-order valence-electron chi connectivity index (χ1n) is 9.11. The fourth-order valence-corrected chi connectivity index (χ4v) is 3.73. The molecule has 7 nitrogen and oxygen atoms in total. The van der Waals surface area contributed by atoms with Gasteiger partial charge in [-0.25, -0.2) is 15.0 Å². The third kappa shape index (κ3) is 3.84. The van der Waals surface area contributed by atoms with E-state index in [9.17, 15) is 4.79 Å². The lowest BCUT2D eigenvalue weighted by molar-refractivity contribution is 0.0708. The number of nitrogen functional groups attached to an aromatic ring is 1. The van der Waals surface area contributed by atoms with Gasteiger partial charge >= 0.3 is 0 Å². The van der Waals surface area contributed by atoms with Gasteiger partial charge in [-0.15, -0.1) is 0 Å². The summed E-state index contributed by atoms with van der Waals surface area (Å²) in [6, 6.07) is 9.06. The highest BCUT2D eigenvalue weighted by molar-refractivity contribution is 6.30. The van der Waals surface area contributed by atoms with E-state index in [-0.39, 0.29) is 17.9 Å². The molecule has 1 aromatic carbocycles. The van der Waals surface area contributed by atoms with Crippen LogP contribution in [0.15, 0.2) is 40.9 Å². The monoisotopic (exact) mass is 397 g/mol. The molecule has 0 bridgehead atoms. The number of hydrogen-bond acceptors (Lipinski definition) is 6. The molecule has 4 rings (SSSR count). The highest BCUT2D eigenvalue weighted by Crippen LogP contribution is 2.33. The molecule has 1 aliphatic heterocycles. The summed E-state index contributed by atoms with van der Waals surface area (Å²) in [5, 5.41) is 0.684. The zero-order chi connectivity index (χ0) is 19.7. The van der Waals surface area contributed by atoms with Crippen LogP contribution < -0.4 is 5.73 Å². The Kier molecular flexibility index (Phi) is 5.00. The number of amides is 1. The highest BCUT2D eigenvalue weighted by atomic mass is 35.5. The molecule has 1 atom stereocenters. The van der Waals surface area contributed by atoms with Crippen LogP contribution in [0.4, 0.5) is 5.95 Å². The largest absolute Gasteiger partial charge is 0.443 e. The van der Waals surface area contributed by atoms with Gasteiger partial charge < -0.3 is 15.1 Å². The van der Waals surface area contributed by atoms with Crippen molar-refractivity contribution in [2.24, 2.45) is 0 Å². The maximum absolute atomic E-state index is 13.0. The molecule has 2 N–H and O–H groups in total. The molecule has 1 aliphatic rings. The van der Waals surface area contributed by atoms with Crippen molar-refractivity contribution in [3.63, 3.8) is 0 Å². The van der Waals surface area contributed by atoms with E-state index in [4.69, 9.17) is 21.8 Å². The molecule has 8 heteroatoms. The number of aryl methyl sites for hydroxylation is 1. The van der Waals surface area contributed by atoms with E-state index in [0.29, 0.717) is 35.3 Å². The molecule has 0 spiro atoms. The van der Waals surface area contributed by atoms with E-state index in [1.807, 2.05) is 24.3 Å². The van der Waals surface area contributed by atoms with E-state index in [0.717, 1.165) is 24.2 Å². The van der Waals surface area contributed by atoms with E-state index in [1.54, 1.807) is 24.1 Å². The van der Waals surface area contributed by atoms with Crippen LogP contribution >= 0.6 is 11.6 Å². The van der Waals surface area contributed by atoms with Crippen molar-refractivity contribution < 1.29 is 9.21 Å². The van der Waals surface area contributed by atoms with Gasteiger partial charge in [-0.05, 0) is 43.5 Å². The van der Waals surface area contributed by atoms with Gasteiger partial charge in [-0.3, -0.25) is 4.79 Å². The number of rotatable bonds is 4. The number of oxazole rings is 1. The average Bonchev–Trinajstić information content (AvgIpc) is 3.29. The summed E-state index contributed by atoms with van der Waals surface area (Å²) in [5.41, 5.74) is 7.69. The molecule has 0 aliphatic carbocycles. The molecule has 3 heterocycles. The molecular weight excluding hydrogens is 378 g/mol. The summed E-state index contributed by atoms with van der Waals surface area (Å²) in [5.74, 6) is 1.19. The number of aromatic nitrogens is 3. The Morgan fingerprint density at radius 3 is 3.00 bits per heavy atom. The van der Waals surface area contributed by atoms with Gasteiger partial charge in [0.1, 0.15) is 17.5 Å². The lowest BCUT2D eigenvalue weighted by Gasteiger charge is -2.22. The summed E-state index contributed by atoms with van der Waals surface area (Å²) in [7, 11) is 0. The molecule has 0 radical (unpaired) electrons. The van der Waals surface area contributed by atoms with Gasteiger partial charge in [-0.1, -0.05) is 23.7 Å². The zero-order valence-electron chi connectivity index (χ0n) is 15.4. The van der Waals surface area contributed by atoms with Gasteiger partial charge in [0.05, 0.1) is 6.20 Å². The Morgan fingerprint density at radius 2 is 2.21 bits per heavy atom. The Balaban J connectivity index is 1.53. The second kappa shape index (κ2) is 7.59. The number of nitrogens with zero attached hydrogens (tertiary/aromatic N) is 4. The SMILES string of the molecule is Cc1cc(C(=O)N2CCC[C@H]2c2ncc(Cc3cccc(Cl)c3)o2)nc(N)n1. The number of halogens is 1. The standard InChI is InChI=1S/C20H20ClN5O2/c1-12-8-16(25-20(22)24-12)19(27)26-7-3-6-17(26)18-23-11-15(28-18)10-13-4-2-5-14(21)9-13/h2,4-5,8-9,11,17H,3,6-7,10H2,1H3,(H2,22,24,25)/t17-/m0/s1. The van der Waals surface area contributed by atoms with E-state index in [1.165, 1.54) is 0 Å². The average molecular weight is 398 g/mol. The summed E-state index contributed by atoms with van der Waals surface area (Å²) in [4.78, 5) is 27.3. The van der Waals surface area contributed by atoms with E-state index >= 15 is 0 Å². The second-order valence-corrected chi connectivity index (χ2v) is 7.32. The smallest absolute Gasteiger partial charge is 0.273 e. The van der Waals surface area contributed by atoms with Crippen molar-refractivity contribution in [3.05, 3.63) is 70.2 Å². The topological polar surface area (TPSA) is 98.1 Å². The van der Waals surface area contributed by atoms with E-state index in [2.05, 4.69) is 15.0 Å². The Hall–Kier alpha value is -2.93. The van der Waals surface area contributed by atoms with Gasteiger partial charge in [0, 0.05) is 23.7 Å². The molecular formula is C20H20ClN5O2. The lowest BCUT2D eigenvalue weighted by Crippen LogP contribution is -2.31. The number of benzene rings is 1. The number of anilines is 1. The second-order valence-electron chi connectivity index (χ2n) is 6.88. The van der Waals surface area contributed by atoms with Crippen LogP contribution in [0, 0.1) is 6.92 Å². The first kappa shape index (κ1) is 18.4. The molecule has 1 amide bonds. The Labute approximate surface area is 167 Å². The molecule has 0 saturated carbocycles. The van der Waals surface area contributed by atoms with Crippen LogP contribution in [0.3, 0.4) is 0 Å². The summed E-state index contributed by atoms with van der Waals surface area (Å²) in [6.07, 6.45) is 3.98. The van der Waals surface area contributed by atoms with Crippen LogP contribution in [0.5, 0.6) is 0 Å². The molecule has 1 saturated heterocycles. The number of carbonyl (C=O) groups excluding carboxylic acids is 1. The predicted molar refractivity (Wildman–Crippen MR) is 105 cm³/mol. The van der Waals surface area contributed by atoms with Crippen molar-refractivity contribution >= 4 is 23.5 Å². The normalized spacial score (nSPS) is 16.5. The minimum absolute atomic E-state index is 0.0963. The minimum Gasteiger partial charge on any atom is -0.443 e. The predicted octanol–water partition coefficient (Wildman–Crippen LogP) is 3.58. The van der Waals surface area contributed by atoms with Crippen molar-refractivity contribution in [2.45, 2.75) is 32.2 Å². The fourth-order valence-electron chi connectivity index (χ4n) is 3.52. The van der Waals surface area contributed by atoms with Crippen LogP contribution in [0.25, 0.3) is 0 Å². The molecule has 0 unspecified atom stereocenters. The van der Waals surface area contributed by atoms with Crippen molar-refractivity contribution in [1.29, 1.82) is 0 Å². The summed E-state index contributed by atoms with van der Waals surface area (Å²) >= 11 is 6.04. The van der Waals surface area contributed by atoms with Gasteiger partial charge in [0.25, 0.3) is 5.91 Å².